The Bertz CT molecular complexity index is 721. The zero-order valence-electron chi connectivity index (χ0n) is 12.2. The average Bonchev–Trinajstić information content (AvgIpc) is 2.54. The van der Waals surface area contributed by atoms with Crippen molar-refractivity contribution < 1.29 is 9.59 Å². The van der Waals surface area contributed by atoms with Crippen LogP contribution in [0.15, 0.2) is 47.4 Å². The minimum Gasteiger partial charge on any atom is -0.272 e. The molecule has 0 radical (unpaired) electrons. The van der Waals surface area contributed by atoms with Gasteiger partial charge in [-0.25, -0.2) is 0 Å². The first-order chi connectivity index (χ1) is 11.0. The Morgan fingerprint density at radius 2 is 1.74 bits per heavy atom. The number of carbonyl (C=O) groups is 2. The Kier molecular flexibility index (Phi) is 6.33. The first-order valence-electron chi connectivity index (χ1n) is 6.69. The molecule has 0 heterocycles. The standard InChI is InChI=1S/C16H14Cl2N2O2S/c1-10-2-4-11(5-3-10)16(22)20-19-15(21)9-23-14-8-12(17)6-7-13(14)18/h2-8H,9H2,1H3,(H,19,21)(H,20,22). The van der Waals surface area contributed by atoms with E-state index in [1.807, 2.05) is 19.1 Å². The van der Waals surface area contributed by atoms with Crippen LogP contribution in [-0.4, -0.2) is 17.6 Å². The van der Waals surface area contributed by atoms with Gasteiger partial charge in [-0.3, -0.25) is 20.4 Å². The molecule has 2 aromatic carbocycles. The molecule has 0 bridgehead atoms. The van der Waals surface area contributed by atoms with Gasteiger partial charge in [0.2, 0.25) is 5.91 Å². The van der Waals surface area contributed by atoms with Gasteiger partial charge >= 0.3 is 0 Å². The number of hydrogen-bond donors (Lipinski definition) is 2. The smallest absolute Gasteiger partial charge is 0.269 e. The van der Waals surface area contributed by atoms with Crippen LogP contribution in [0, 0.1) is 6.92 Å². The van der Waals surface area contributed by atoms with Crippen molar-refractivity contribution >= 4 is 46.8 Å². The second-order valence-corrected chi connectivity index (χ2v) is 6.59. The molecule has 120 valence electrons. The van der Waals surface area contributed by atoms with Crippen LogP contribution in [0.1, 0.15) is 15.9 Å². The van der Waals surface area contributed by atoms with Crippen LogP contribution in [0.4, 0.5) is 0 Å². The van der Waals surface area contributed by atoms with E-state index >= 15 is 0 Å². The maximum Gasteiger partial charge on any atom is 0.269 e. The van der Waals surface area contributed by atoms with Crippen LogP contribution in [0.5, 0.6) is 0 Å². The van der Waals surface area contributed by atoms with E-state index in [2.05, 4.69) is 10.9 Å². The number of aryl methyl sites for hydroxylation is 1. The summed E-state index contributed by atoms with van der Waals surface area (Å²) in [7, 11) is 0. The number of rotatable bonds is 4. The normalized spacial score (nSPS) is 10.2. The first kappa shape index (κ1) is 17.7. The van der Waals surface area contributed by atoms with E-state index in [9.17, 15) is 9.59 Å². The molecular formula is C16H14Cl2N2O2S. The molecule has 0 aliphatic heterocycles. The zero-order chi connectivity index (χ0) is 16.8. The number of nitrogens with one attached hydrogen (secondary N) is 2. The van der Waals surface area contributed by atoms with Crippen LogP contribution in [0.2, 0.25) is 10.0 Å². The van der Waals surface area contributed by atoms with Crippen molar-refractivity contribution in [3.8, 4) is 0 Å². The Balaban J connectivity index is 1.82. The Hall–Kier alpha value is -1.69. The highest BCUT2D eigenvalue weighted by Crippen LogP contribution is 2.29. The largest absolute Gasteiger partial charge is 0.272 e. The van der Waals surface area contributed by atoms with Gasteiger partial charge in [0.05, 0.1) is 10.8 Å². The summed E-state index contributed by atoms with van der Waals surface area (Å²) in [6, 6.07) is 12.1. The number of halogens is 2. The molecule has 0 aromatic heterocycles. The first-order valence-corrected chi connectivity index (χ1v) is 8.43. The molecule has 0 aliphatic carbocycles. The summed E-state index contributed by atoms with van der Waals surface area (Å²) >= 11 is 13.1. The predicted molar refractivity (Wildman–Crippen MR) is 94.0 cm³/mol. The Morgan fingerprint density at radius 1 is 1.04 bits per heavy atom. The van der Waals surface area contributed by atoms with Crippen molar-refractivity contribution in [2.24, 2.45) is 0 Å². The van der Waals surface area contributed by atoms with Gasteiger partial charge in [0.25, 0.3) is 5.91 Å². The van der Waals surface area contributed by atoms with Gasteiger partial charge in [-0.2, -0.15) is 0 Å². The quantitative estimate of drug-likeness (QED) is 0.636. The summed E-state index contributed by atoms with van der Waals surface area (Å²) in [6.07, 6.45) is 0. The second-order valence-electron chi connectivity index (χ2n) is 4.73. The molecule has 0 spiro atoms. The molecule has 0 atom stereocenters. The molecule has 7 heteroatoms. The molecule has 0 fully saturated rings. The van der Waals surface area contributed by atoms with Crippen molar-refractivity contribution in [2.45, 2.75) is 11.8 Å². The summed E-state index contributed by atoms with van der Waals surface area (Å²) in [5.74, 6) is -0.607. The second kappa shape index (κ2) is 8.24. The van der Waals surface area contributed by atoms with Crippen LogP contribution < -0.4 is 10.9 Å². The molecule has 0 aliphatic rings. The average molecular weight is 369 g/mol. The summed E-state index contributed by atoms with van der Waals surface area (Å²) in [4.78, 5) is 24.3. The third-order valence-electron chi connectivity index (χ3n) is 2.88. The van der Waals surface area contributed by atoms with E-state index in [4.69, 9.17) is 23.2 Å². The number of hydrogen-bond acceptors (Lipinski definition) is 3. The molecule has 0 saturated carbocycles. The molecule has 4 nitrogen and oxygen atoms in total. The highest BCUT2D eigenvalue weighted by atomic mass is 35.5. The number of amides is 2. The lowest BCUT2D eigenvalue weighted by molar-refractivity contribution is -0.119. The third-order valence-corrected chi connectivity index (χ3v) is 4.61. The summed E-state index contributed by atoms with van der Waals surface area (Å²) in [6.45, 7) is 1.93. The van der Waals surface area contributed by atoms with Crippen LogP contribution >= 0.6 is 35.0 Å². The lowest BCUT2D eigenvalue weighted by atomic mass is 10.1. The molecule has 2 N–H and O–H groups in total. The highest BCUT2D eigenvalue weighted by molar-refractivity contribution is 8.00. The zero-order valence-corrected chi connectivity index (χ0v) is 14.6. The highest BCUT2D eigenvalue weighted by Gasteiger charge is 2.09. The Labute approximate surface area is 148 Å². The maximum absolute atomic E-state index is 11.9. The predicted octanol–water partition coefficient (Wildman–Crippen LogP) is 3.86. The van der Waals surface area contributed by atoms with Crippen molar-refractivity contribution in [3.63, 3.8) is 0 Å². The minimum absolute atomic E-state index is 0.105. The summed E-state index contributed by atoms with van der Waals surface area (Å²) in [5, 5.41) is 1.07. The summed E-state index contributed by atoms with van der Waals surface area (Å²) < 4.78 is 0. The number of carbonyl (C=O) groups excluding carboxylic acids is 2. The maximum atomic E-state index is 11.9. The fourth-order valence-corrected chi connectivity index (χ4v) is 2.96. The van der Waals surface area contributed by atoms with Crippen molar-refractivity contribution in [3.05, 3.63) is 63.6 Å². The molecule has 2 rings (SSSR count). The van der Waals surface area contributed by atoms with E-state index in [-0.39, 0.29) is 17.6 Å². The van der Waals surface area contributed by atoms with Crippen LogP contribution in [0.25, 0.3) is 0 Å². The molecule has 0 saturated heterocycles. The molecule has 0 unspecified atom stereocenters. The van der Waals surface area contributed by atoms with Gasteiger partial charge in [-0.15, -0.1) is 11.8 Å². The number of thioether (sulfide) groups is 1. The third kappa shape index (κ3) is 5.46. The van der Waals surface area contributed by atoms with E-state index in [1.165, 1.54) is 11.8 Å². The lowest BCUT2D eigenvalue weighted by Gasteiger charge is -2.08. The number of hydrazine groups is 1. The van der Waals surface area contributed by atoms with Crippen LogP contribution in [-0.2, 0) is 4.79 Å². The lowest BCUT2D eigenvalue weighted by Crippen LogP contribution is -2.42. The molecule has 23 heavy (non-hydrogen) atoms. The minimum atomic E-state index is -0.371. The topological polar surface area (TPSA) is 58.2 Å². The van der Waals surface area contributed by atoms with E-state index in [0.717, 1.165) is 5.56 Å². The van der Waals surface area contributed by atoms with Gasteiger partial charge in [-0.05, 0) is 37.3 Å². The van der Waals surface area contributed by atoms with Crippen molar-refractivity contribution in [2.75, 3.05) is 5.75 Å². The molecule has 2 aromatic rings. The number of benzene rings is 2. The fourth-order valence-electron chi connectivity index (χ4n) is 1.67. The van der Waals surface area contributed by atoms with Gasteiger partial charge < -0.3 is 0 Å². The molecular weight excluding hydrogens is 355 g/mol. The Morgan fingerprint density at radius 3 is 2.43 bits per heavy atom. The monoisotopic (exact) mass is 368 g/mol. The van der Waals surface area contributed by atoms with Gasteiger partial charge in [0, 0.05) is 15.5 Å². The van der Waals surface area contributed by atoms with Crippen molar-refractivity contribution in [1.82, 2.24) is 10.9 Å². The van der Waals surface area contributed by atoms with Gasteiger partial charge in [-0.1, -0.05) is 40.9 Å². The van der Waals surface area contributed by atoms with Gasteiger partial charge in [0.1, 0.15) is 0 Å². The van der Waals surface area contributed by atoms with Crippen molar-refractivity contribution in [1.29, 1.82) is 0 Å². The van der Waals surface area contributed by atoms with Crippen LogP contribution in [0.3, 0.4) is 0 Å². The molecule has 2 amide bonds. The van der Waals surface area contributed by atoms with E-state index in [0.29, 0.717) is 20.5 Å². The van der Waals surface area contributed by atoms with E-state index < -0.39 is 0 Å². The van der Waals surface area contributed by atoms with E-state index in [1.54, 1.807) is 30.3 Å². The van der Waals surface area contributed by atoms with Gasteiger partial charge in [0.15, 0.2) is 0 Å². The SMILES string of the molecule is Cc1ccc(C(=O)NNC(=O)CSc2cc(Cl)ccc2Cl)cc1. The summed E-state index contributed by atoms with van der Waals surface area (Å²) in [5.41, 5.74) is 6.26. The fraction of sp³-hybridized carbons (Fsp3) is 0.125.